The van der Waals surface area contributed by atoms with Crippen molar-refractivity contribution in [3.05, 3.63) is 42.1 Å². The van der Waals surface area contributed by atoms with Gasteiger partial charge in [-0.15, -0.1) is 0 Å². The van der Waals surface area contributed by atoms with Gasteiger partial charge >= 0.3 is 6.18 Å². The Bertz CT molecular complexity index is 753. The molecule has 1 atom stereocenters. The molecule has 0 fully saturated rings. The van der Waals surface area contributed by atoms with Crippen LogP contribution in [0.2, 0.25) is 0 Å². The molecular formula is C17H17F3N4. The number of anilines is 2. The van der Waals surface area contributed by atoms with E-state index in [4.69, 9.17) is 0 Å². The number of hydrogen-bond donors (Lipinski definition) is 1. The summed E-state index contributed by atoms with van der Waals surface area (Å²) in [4.78, 5) is 1.99. The first-order chi connectivity index (χ1) is 11.5. The Labute approximate surface area is 138 Å². The van der Waals surface area contributed by atoms with Crippen molar-refractivity contribution in [2.24, 2.45) is 5.92 Å². The molecule has 7 heteroatoms. The van der Waals surface area contributed by atoms with Crippen molar-refractivity contribution in [2.45, 2.75) is 19.6 Å². The third-order valence-electron chi connectivity index (χ3n) is 3.95. The van der Waals surface area contributed by atoms with Crippen LogP contribution in [0.15, 0.2) is 36.5 Å². The van der Waals surface area contributed by atoms with Gasteiger partial charge in [0.25, 0.3) is 0 Å². The van der Waals surface area contributed by atoms with E-state index in [1.807, 2.05) is 15.6 Å². The van der Waals surface area contributed by atoms with Gasteiger partial charge in [-0.1, -0.05) is 5.92 Å². The Morgan fingerprint density at radius 1 is 1.21 bits per heavy atom. The van der Waals surface area contributed by atoms with Crippen molar-refractivity contribution in [3.63, 3.8) is 0 Å². The molecular weight excluding hydrogens is 317 g/mol. The van der Waals surface area contributed by atoms with Crippen LogP contribution in [0.1, 0.15) is 12.5 Å². The molecule has 126 valence electrons. The van der Waals surface area contributed by atoms with Crippen molar-refractivity contribution in [1.82, 2.24) is 15.1 Å². The van der Waals surface area contributed by atoms with Gasteiger partial charge in [0, 0.05) is 43.4 Å². The smallest absolute Gasteiger partial charge is 0.346 e. The number of fused-ring (bicyclic) bond motifs is 1. The number of halogens is 3. The molecule has 1 aliphatic heterocycles. The average molecular weight is 334 g/mol. The molecule has 3 rings (SSSR count). The lowest BCUT2D eigenvalue weighted by Crippen LogP contribution is -2.39. The summed E-state index contributed by atoms with van der Waals surface area (Å²) >= 11 is 0. The van der Waals surface area contributed by atoms with E-state index in [1.54, 1.807) is 13.1 Å². The highest BCUT2D eigenvalue weighted by Crippen LogP contribution is 2.34. The van der Waals surface area contributed by atoms with Gasteiger partial charge in [0.1, 0.15) is 5.82 Å². The molecule has 4 nitrogen and oxygen atoms in total. The van der Waals surface area contributed by atoms with Crippen LogP contribution in [0, 0.1) is 17.9 Å². The Morgan fingerprint density at radius 3 is 2.62 bits per heavy atom. The molecule has 1 aromatic carbocycles. The highest BCUT2D eigenvalue weighted by Gasteiger charge is 2.31. The summed E-state index contributed by atoms with van der Waals surface area (Å²) < 4.78 is 40.1. The number of rotatable bonds is 3. The van der Waals surface area contributed by atoms with Crippen LogP contribution in [0.25, 0.3) is 0 Å². The minimum Gasteiger partial charge on any atom is -0.346 e. The summed E-state index contributed by atoms with van der Waals surface area (Å²) in [6, 6.07) is 9.91. The Balaban J connectivity index is 1.84. The topological polar surface area (TPSA) is 33.1 Å². The lowest BCUT2D eigenvalue weighted by molar-refractivity contribution is -0.137. The second-order valence-corrected chi connectivity index (χ2v) is 5.65. The molecule has 0 saturated heterocycles. The fourth-order valence-electron chi connectivity index (χ4n) is 2.83. The van der Waals surface area contributed by atoms with E-state index in [2.05, 4.69) is 22.4 Å². The van der Waals surface area contributed by atoms with Crippen LogP contribution < -0.4 is 10.2 Å². The second-order valence-electron chi connectivity index (χ2n) is 5.65. The number of hydrogen-bond acceptors (Lipinski definition) is 3. The molecule has 2 aromatic rings. The maximum atomic E-state index is 12.7. The number of nitrogens with zero attached hydrogens (tertiary/aromatic N) is 3. The molecule has 1 unspecified atom stereocenters. The first kappa shape index (κ1) is 16.2. The Hall–Kier alpha value is -2.62. The monoisotopic (exact) mass is 334 g/mol. The normalized spacial score (nSPS) is 17.0. The molecule has 1 N–H and O–H groups in total. The lowest BCUT2D eigenvalue weighted by atomic mass is 10.1. The number of nitrogens with one attached hydrogen (secondary N) is 1. The zero-order valence-corrected chi connectivity index (χ0v) is 13.1. The first-order valence-electron chi connectivity index (χ1n) is 7.60. The summed E-state index contributed by atoms with van der Waals surface area (Å²) in [5.74, 6) is 3.91. The molecule has 0 spiro atoms. The number of aromatic nitrogens is 2. The van der Waals surface area contributed by atoms with Crippen molar-refractivity contribution >= 4 is 11.5 Å². The van der Waals surface area contributed by atoms with E-state index in [0.29, 0.717) is 13.1 Å². The van der Waals surface area contributed by atoms with Crippen LogP contribution in [-0.2, 0) is 12.7 Å². The SMILES string of the molecule is CC#CNCC1CN(c2ccc(C(F)(F)F)cc2)c2ccnn2C1. The summed E-state index contributed by atoms with van der Waals surface area (Å²) in [5, 5.41) is 7.35. The van der Waals surface area contributed by atoms with Gasteiger partial charge in [-0.25, -0.2) is 4.68 Å². The fraction of sp³-hybridized carbons (Fsp3) is 0.353. The largest absolute Gasteiger partial charge is 0.416 e. The molecule has 0 amide bonds. The third kappa shape index (κ3) is 3.32. The lowest BCUT2D eigenvalue weighted by Gasteiger charge is -2.34. The minimum absolute atomic E-state index is 0.251. The summed E-state index contributed by atoms with van der Waals surface area (Å²) in [6.07, 6.45) is -2.62. The van der Waals surface area contributed by atoms with E-state index in [0.717, 1.165) is 30.2 Å². The van der Waals surface area contributed by atoms with Gasteiger partial charge in [-0.2, -0.15) is 18.3 Å². The van der Waals surface area contributed by atoms with Gasteiger partial charge in [0.2, 0.25) is 0 Å². The molecule has 0 bridgehead atoms. The van der Waals surface area contributed by atoms with Crippen molar-refractivity contribution in [3.8, 4) is 12.0 Å². The van der Waals surface area contributed by atoms with E-state index < -0.39 is 11.7 Å². The molecule has 0 radical (unpaired) electrons. The van der Waals surface area contributed by atoms with Gasteiger partial charge in [-0.3, -0.25) is 0 Å². The quantitative estimate of drug-likeness (QED) is 0.691. The Morgan fingerprint density at radius 2 is 1.96 bits per heavy atom. The maximum absolute atomic E-state index is 12.7. The predicted octanol–water partition coefficient (Wildman–Crippen LogP) is 3.24. The van der Waals surface area contributed by atoms with Gasteiger partial charge < -0.3 is 10.2 Å². The van der Waals surface area contributed by atoms with E-state index >= 15 is 0 Å². The van der Waals surface area contributed by atoms with E-state index in [1.165, 1.54) is 12.1 Å². The molecule has 24 heavy (non-hydrogen) atoms. The second kappa shape index (κ2) is 6.48. The molecule has 1 aliphatic rings. The Kier molecular flexibility index (Phi) is 4.38. The van der Waals surface area contributed by atoms with Crippen LogP contribution >= 0.6 is 0 Å². The van der Waals surface area contributed by atoms with Crippen LogP contribution in [0.3, 0.4) is 0 Å². The first-order valence-corrected chi connectivity index (χ1v) is 7.60. The standard InChI is InChI=1S/C17H17F3N4/c1-2-8-21-10-13-11-23(16-7-9-22-24(16)12-13)15-5-3-14(4-6-15)17(18,19)20/h3-7,9,13,21H,10-12H2,1H3. The van der Waals surface area contributed by atoms with Crippen LogP contribution in [0.4, 0.5) is 24.7 Å². The van der Waals surface area contributed by atoms with Crippen LogP contribution in [-0.4, -0.2) is 22.9 Å². The number of benzene rings is 1. The van der Waals surface area contributed by atoms with E-state index in [9.17, 15) is 13.2 Å². The van der Waals surface area contributed by atoms with Crippen molar-refractivity contribution in [2.75, 3.05) is 18.0 Å². The number of alkyl halides is 3. The van der Waals surface area contributed by atoms with Crippen LogP contribution in [0.5, 0.6) is 0 Å². The van der Waals surface area contributed by atoms with Gasteiger partial charge in [-0.05, 0) is 31.2 Å². The summed E-state index contributed by atoms with van der Waals surface area (Å²) in [7, 11) is 0. The van der Waals surface area contributed by atoms with Crippen molar-refractivity contribution in [1.29, 1.82) is 0 Å². The minimum atomic E-state index is -4.33. The fourth-order valence-corrected chi connectivity index (χ4v) is 2.83. The third-order valence-corrected chi connectivity index (χ3v) is 3.95. The molecule has 0 saturated carbocycles. The van der Waals surface area contributed by atoms with Crippen molar-refractivity contribution < 1.29 is 13.2 Å². The van der Waals surface area contributed by atoms with Gasteiger partial charge in [0.15, 0.2) is 0 Å². The average Bonchev–Trinajstić information content (AvgIpc) is 3.02. The highest BCUT2D eigenvalue weighted by molar-refractivity contribution is 5.61. The van der Waals surface area contributed by atoms with E-state index in [-0.39, 0.29) is 5.92 Å². The molecule has 2 heterocycles. The maximum Gasteiger partial charge on any atom is 0.416 e. The summed E-state index contributed by atoms with van der Waals surface area (Å²) in [5.41, 5.74) is 0.0734. The highest BCUT2D eigenvalue weighted by atomic mass is 19.4. The summed E-state index contributed by atoms with van der Waals surface area (Å²) in [6.45, 7) is 3.89. The zero-order chi connectivity index (χ0) is 17.2. The molecule has 0 aliphatic carbocycles. The zero-order valence-electron chi connectivity index (χ0n) is 13.1. The predicted molar refractivity (Wildman–Crippen MR) is 85.6 cm³/mol. The molecule has 1 aromatic heterocycles. The van der Waals surface area contributed by atoms with Gasteiger partial charge in [0.05, 0.1) is 11.8 Å².